The van der Waals surface area contributed by atoms with Gasteiger partial charge in [-0.25, -0.2) is 9.98 Å². The first-order valence-electron chi connectivity index (χ1n) is 9.81. The molecule has 2 N–H and O–H groups in total. The fraction of sp³-hybridized carbons (Fsp3) is 0.304. The zero-order valence-corrected chi connectivity index (χ0v) is 19.9. The molecule has 0 bridgehead atoms. The van der Waals surface area contributed by atoms with E-state index in [2.05, 4.69) is 39.7 Å². The second-order valence-electron chi connectivity index (χ2n) is 6.72. The monoisotopic (exact) mass is 520 g/mol. The largest absolute Gasteiger partial charge is 0.444 e. The number of hydrogen-bond acceptors (Lipinski definition) is 4. The van der Waals surface area contributed by atoms with Crippen molar-refractivity contribution < 1.29 is 9.15 Å². The van der Waals surface area contributed by atoms with E-state index in [9.17, 15) is 0 Å². The number of benzene rings is 2. The van der Waals surface area contributed by atoms with Crippen LogP contribution in [0.1, 0.15) is 29.8 Å². The van der Waals surface area contributed by atoms with Crippen LogP contribution in [0.25, 0.3) is 11.5 Å². The number of nitrogens with zero attached hydrogens (tertiary/aromatic N) is 2. The minimum atomic E-state index is -0.0553. The molecular weight excluding hydrogens is 491 g/mol. The fourth-order valence-electron chi connectivity index (χ4n) is 2.90. The van der Waals surface area contributed by atoms with Crippen LogP contribution in [0.5, 0.6) is 0 Å². The smallest absolute Gasteiger partial charge is 0.226 e. The minimum Gasteiger partial charge on any atom is -0.444 e. The highest BCUT2D eigenvalue weighted by Crippen LogP contribution is 2.19. The highest BCUT2D eigenvalue weighted by atomic mass is 127. The van der Waals surface area contributed by atoms with Crippen molar-refractivity contribution in [2.45, 2.75) is 26.5 Å². The third-order valence-electron chi connectivity index (χ3n) is 4.50. The number of aromatic nitrogens is 1. The molecule has 1 aromatic heterocycles. The first kappa shape index (κ1) is 23.9. The molecule has 3 aromatic rings. The van der Waals surface area contributed by atoms with Crippen LogP contribution in [0.2, 0.25) is 0 Å². The Bertz CT molecular complexity index is 910. The Morgan fingerprint density at radius 1 is 1.10 bits per heavy atom. The topological polar surface area (TPSA) is 71.7 Å². The van der Waals surface area contributed by atoms with Crippen LogP contribution in [-0.2, 0) is 11.3 Å². The molecule has 6 nitrogen and oxygen atoms in total. The van der Waals surface area contributed by atoms with Gasteiger partial charge in [-0.2, -0.15) is 0 Å². The van der Waals surface area contributed by atoms with Gasteiger partial charge in [-0.3, -0.25) is 0 Å². The van der Waals surface area contributed by atoms with Gasteiger partial charge in [0.2, 0.25) is 5.89 Å². The van der Waals surface area contributed by atoms with Crippen LogP contribution < -0.4 is 10.6 Å². The summed E-state index contributed by atoms with van der Waals surface area (Å²) in [4.78, 5) is 9.17. The number of hydrogen-bond donors (Lipinski definition) is 2. The molecular formula is C23H29IN4O2. The Morgan fingerprint density at radius 3 is 2.50 bits per heavy atom. The third-order valence-corrected chi connectivity index (χ3v) is 4.50. The van der Waals surface area contributed by atoms with Gasteiger partial charge in [0.25, 0.3) is 0 Å². The summed E-state index contributed by atoms with van der Waals surface area (Å²) in [7, 11) is 1.71. The van der Waals surface area contributed by atoms with Crippen molar-refractivity contribution in [3.05, 3.63) is 77.7 Å². The number of aryl methyl sites for hydroxylation is 1. The van der Waals surface area contributed by atoms with Crippen molar-refractivity contribution in [1.82, 2.24) is 15.6 Å². The predicted molar refractivity (Wildman–Crippen MR) is 131 cm³/mol. The van der Waals surface area contributed by atoms with Crippen molar-refractivity contribution >= 4 is 29.9 Å². The van der Waals surface area contributed by atoms with Crippen LogP contribution in [0.15, 0.2) is 70.3 Å². The first-order valence-corrected chi connectivity index (χ1v) is 9.81. The van der Waals surface area contributed by atoms with Gasteiger partial charge in [0.1, 0.15) is 12.0 Å². The van der Waals surface area contributed by atoms with Gasteiger partial charge in [0, 0.05) is 25.8 Å². The molecule has 160 valence electrons. The molecule has 0 fully saturated rings. The van der Waals surface area contributed by atoms with Crippen LogP contribution in [-0.4, -0.2) is 31.1 Å². The lowest BCUT2D eigenvalue weighted by Crippen LogP contribution is -2.39. The van der Waals surface area contributed by atoms with Crippen molar-refractivity contribution in [3.8, 4) is 11.5 Å². The molecule has 0 aliphatic heterocycles. The van der Waals surface area contributed by atoms with E-state index in [4.69, 9.17) is 9.15 Å². The van der Waals surface area contributed by atoms with Crippen LogP contribution in [0, 0.1) is 6.92 Å². The van der Waals surface area contributed by atoms with E-state index in [-0.39, 0.29) is 30.1 Å². The summed E-state index contributed by atoms with van der Waals surface area (Å²) in [5, 5.41) is 6.59. The lowest BCUT2D eigenvalue weighted by Gasteiger charge is -2.18. The van der Waals surface area contributed by atoms with E-state index in [1.807, 2.05) is 49.4 Å². The second-order valence-corrected chi connectivity index (χ2v) is 6.72. The third kappa shape index (κ3) is 6.84. The van der Waals surface area contributed by atoms with Gasteiger partial charge in [-0.15, -0.1) is 24.0 Å². The van der Waals surface area contributed by atoms with Crippen LogP contribution in [0.4, 0.5) is 0 Å². The molecule has 0 amide bonds. The van der Waals surface area contributed by atoms with E-state index >= 15 is 0 Å². The molecule has 30 heavy (non-hydrogen) atoms. The normalized spacial score (nSPS) is 12.2. The van der Waals surface area contributed by atoms with Crippen molar-refractivity contribution in [3.63, 3.8) is 0 Å². The fourth-order valence-corrected chi connectivity index (χ4v) is 2.90. The predicted octanol–water partition coefficient (Wildman–Crippen LogP) is 4.71. The van der Waals surface area contributed by atoms with Crippen LogP contribution >= 0.6 is 24.0 Å². The number of guanidine groups is 1. The molecule has 1 atom stereocenters. The summed E-state index contributed by atoms with van der Waals surface area (Å²) in [6.45, 7) is 5.89. The Balaban J connectivity index is 0.00000320. The average Bonchev–Trinajstić information content (AvgIpc) is 3.22. The van der Waals surface area contributed by atoms with Gasteiger partial charge in [0.15, 0.2) is 5.96 Å². The minimum absolute atomic E-state index is 0. The maximum absolute atomic E-state index is 5.62. The maximum atomic E-state index is 5.62. The summed E-state index contributed by atoms with van der Waals surface area (Å²) in [5.74, 6) is 1.32. The summed E-state index contributed by atoms with van der Waals surface area (Å²) in [6, 6.07) is 18.2. The molecule has 3 rings (SSSR count). The van der Waals surface area contributed by atoms with Gasteiger partial charge >= 0.3 is 0 Å². The molecule has 2 aromatic carbocycles. The molecule has 0 aliphatic rings. The number of nitrogens with one attached hydrogen (secondary N) is 2. The SMILES string of the molecule is CCNC(=NCc1coc(-c2ccc(C)cc2)n1)NCC(OC)c1ccccc1.I. The van der Waals surface area contributed by atoms with E-state index in [0.717, 1.165) is 23.4 Å². The molecule has 0 radical (unpaired) electrons. The lowest BCUT2D eigenvalue weighted by atomic mass is 10.1. The summed E-state index contributed by atoms with van der Waals surface area (Å²) >= 11 is 0. The second kappa shape index (κ2) is 12.3. The standard InChI is InChI=1S/C23H28N4O2.HI/c1-4-24-23(26-15-21(28-3)18-8-6-5-7-9-18)25-14-20-16-29-22(27-20)19-12-10-17(2)11-13-19;/h5-13,16,21H,4,14-15H2,1-3H3,(H2,24,25,26);1H. The lowest BCUT2D eigenvalue weighted by molar-refractivity contribution is 0.106. The Hall–Kier alpha value is -2.39. The Kier molecular flexibility index (Phi) is 9.82. The number of rotatable bonds is 8. The number of ether oxygens (including phenoxy) is 1. The Labute approximate surface area is 195 Å². The molecule has 0 aliphatic carbocycles. The number of aliphatic imine (C=N–C) groups is 1. The highest BCUT2D eigenvalue weighted by Gasteiger charge is 2.11. The maximum Gasteiger partial charge on any atom is 0.226 e. The van der Waals surface area contributed by atoms with Crippen LogP contribution in [0.3, 0.4) is 0 Å². The molecule has 1 unspecified atom stereocenters. The van der Waals surface area contributed by atoms with E-state index in [1.165, 1.54) is 5.56 Å². The van der Waals surface area contributed by atoms with Gasteiger partial charge < -0.3 is 19.8 Å². The molecule has 7 heteroatoms. The van der Waals surface area contributed by atoms with E-state index < -0.39 is 0 Å². The molecule has 0 saturated heterocycles. The first-order chi connectivity index (χ1) is 14.2. The van der Waals surface area contributed by atoms with E-state index in [1.54, 1.807) is 13.4 Å². The zero-order valence-electron chi connectivity index (χ0n) is 17.6. The summed E-state index contributed by atoms with van der Waals surface area (Å²) in [5.41, 5.74) is 4.07. The summed E-state index contributed by atoms with van der Waals surface area (Å²) in [6.07, 6.45) is 1.60. The molecule has 1 heterocycles. The number of halogens is 1. The van der Waals surface area contributed by atoms with Gasteiger partial charge in [-0.1, -0.05) is 48.0 Å². The summed E-state index contributed by atoms with van der Waals surface area (Å²) < 4.78 is 11.2. The molecule has 0 saturated carbocycles. The average molecular weight is 520 g/mol. The quantitative estimate of drug-likeness (QED) is 0.256. The van der Waals surface area contributed by atoms with Crippen molar-refractivity contribution in [1.29, 1.82) is 0 Å². The van der Waals surface area contributed by atoms with Gasteiger partial charge in [-0.05, 0) is 31.5 Å². The van der Waals surface area contributed by atoms with Gasteiger partial charge in [0.05, 0.1) is 12.6 Å². The number of oxazole rings is 1. The highest BCUT2D eigenvalue weighted by molar-refractivity contribution is 14.0. The number of methoxy groups -OCH3 is 1. The van der Waals surface area contributed by atoms with Crippen molar-refractivity contribution in [2.75, 3.05) is 20.2 Å². The van der Waals surface area contributed by atoms with Crippen molar-refractivity contribution in [2.24, 2.45) is 4.99 Å². The Morgan fingerprint density at radius 2 is 1.83 bits per heavy atom. The zero-order chi connectivity index (χ0) is 20.5. The van der Waals surface area contributed by atoms with E-state index in [0.29, 0.717) is 24.9 Å². The molecule has 0 spiro atoms.